The van der Waals surface area contributed by atoms with E-state index in [9.17, 15) is 19.7 Å². The number of ether oxygens (including phenoxy) is 1. The average Bonchev–Trinajstić information content (AvgIpc) is 2.52. The highest BCUT2D eigenvalue weighted by Gasteiger charge is 2.26. The lowest BCUT2D eigenvalue weighted by molar-refractivity contribution is -0.384. The van der Waals surface area contributed by atoms with Crippen LogP contribution in [0.2, 0.25) is 0 Å². The Balaban J connectivity index is 2.89. The highest BCUT2D eigenvalue weighted by molar-refractivity contribution is 6.02. The molecule has 0 spiro atoms. The smallest absolute Gasteiger partial charge is 0.314 e. The predicted molar refractivity (Wildman–Crippen MR) is 88.6 cm³/mol. The summed E-state index contributed by atoms with van der Waals surface area (Å²) in [4.78, 5) is 34.2. The third-order valence-corrected chi connectivity index (χ3v) is 3.31. The van der Waals surface area contributed by atoms with Gasteiger partial charge in [-0.1, -0.05) is 19.9 Å². The van der Waals surface area contributed by atoms with Gasteiger partial charge in [0.1, 0.15) is 0 Å². The monoisotopic (exact) mass is 335 g/mol. The lowest BCUT2D eigenvalue weighted by Crippen LogP contribution is -2.31. The van der Waals surface area contributed by atoms with Gasteiger partial charge in [0.15, 0.2) is 0 Å². The van der Waals surface area contributed by atoms with E-state index in [4.69, 9.17) is 4.74 Å². The molecule has 1 amide bonds. The van der Waals surface area contributed by atoms with Crippen molar-refractivity contribution in [3.05, 3.63) is 39.9 Å². The van der Waals surface area contributed by atoms with Gasteiger partial charge in [-0.3, -0.25) is 19.7 Å². The van der Waals surface area contributed by atoms with Crippen LogP contribution >= 0.6 is 0 Å². The quantitative estimate of drug-likeness (QED) is 0.356. The minimum absolute atomic E-state index is 0.0532. The topological polar surface area (TPSA) is 111 Å². The number of rotatable bonds is 7. The van der Waals surface area contributed by atoms with Crippen molar-refractivity contribution in [3.63, 3.8) is 0 Å². The van der Waals surface area contributed by atoms with E-state index >= 15 is 0 Å². The molecule has 8 nitrogen and oxygen atoms in total. The highest BCUT2D eigenvalue weighted by atomic mass is 16.6. The van der Waals surface area contributed by atoms with Crippen LogP contribution in [0.15, 0.2) is 29.4 Å². The Kier molecular flexibility index (Phi) is 7.03. The van der Waals surface area contributed by atoms with E-state index < -0.39 is 22.7 Å². The second-order valence-electron chi connectivity index (χ2n) is 5.48. The molecule has 0 aromatic heterocycles. The maximum Gasteiger partial charge on any atom is 0.314 e. The number of hydrazone groups is 1. The van der Waals surface area contributed by atoms with E-state index in [-0.39, 0.29) is 23.8 Å². The zero-order valence-corrected chi connectivity index (χ0v) is 14.1. The molecule has 0 fully saturated rings. The largest absolute Gasteiger partial charge is 0.465 e. The molecule has 1 unspecified atom stereocenters. The second kappa shape index (κ2) is 8.76. The van der Waals surface area contributed by atoms with Gasteiger partial charge < -0.3 is 4.74 Å². The molecule has 0 saturated carbocycles. The fraction of sp³-hybridized carbons (Fsp3) is 0.438. The SMILES string of the molecule is CCOC(=O)C(/C(C)=N\NC(=O)c1cccc([N+](=O)[O-])c1)C(C)C. The maximum absolute atomic E-state index is 12.1. The number of nitro groups is 1. The van der Waals surface area contributed by atoms with Gasteiger partial charge in [-0.25, -0.2) is 5.43 Å². The number of hydrogen-bond acceptors (Lipinski definition) is 6. The fourth-order valence-electron chi connectivity index (χ4n) is 2.19. The molecular weight excluding hydrogens is 314 g/mol. The molecular formula is C16H21N3O5. The molecule has 0 radical (unpaired) electrons. The summed E-state index contributed by atoms with van der Waals surface area (Å²) in [5, 5.41) is 14.7. The van der Waals surface area contributed by atoms with Crippen LogP contribution in [0.5, 0.6) is 0 Å². The maximum atomic E-state index is 12.1. The first kappa shape index (κ1) is 19.3. The number of carbonyl (C=O) groups excluding carboxylic acids is 2. The number of esters is 1. The molecule has 1 aromatic carbocycles. The lowest BCUT2D eigenvalue weighted by atomic mass is 9.92. The molecule has 0 heterocycles. The van der Waals surface area contributed by atoms with Crippen molar-refractivity contribution in [2.24, 2.45) is 16.9 Å². The van der Waals surface area contributed by atoms with Crippen LogP contribution in [0, 0.1) is 22.0 Å². The summed E-state index contributed by atoms with van der Waals surface area (Å²) in [6.07, 6.45) is 0. The molecule has 1 rings (SSSR count). The number of hydrogen-bond donors (Lipinski definition) is 1. The number of non-ortho nitro benzene ring substituents is 1. The van der Waals surface area contributed by atoms with E-state index in [0.29, 0.717) is 5.71 Å². The molecule has 1 N–H and O–H groups in total. The van der Waals surface area contributed by atoms with Crippen molar-refractivity contribution in [3.8, 4) is 0 Å². The Hall–Kier alpha value is -2.77. The van der Waals surface area contributed by atoms with Crippen molar-refractivity contribution < 1.29 is 19.2 Å². The molecule has 0 saturated heterocycles. The van der Waals surface area contributed by atoms with Gasteiger partial charge >= 0.3 is 5.97 Å². The van der Waals surface area contributed by atoms with Crippen LogP contribution in [0.3, 0.4) is 0 Å². The van der Waals surface area contributed by atoms with E-state index in [1.165, 1.54) is 18.2 Å². The Bertz CT molecular complexity index is 655. The van der Waals surface area contributed by atoms with Crippen LogP contribution in [0.1, 0.15) is 38.1 Å². The molecule has 130 valence electrons. The molecule has 0 aliphatic carbocycles. The third-order valence-electron chi connectivity index (χ3n) is 3.31. The first-order chi connectivity index (χ1) is 11.3. The Morgan fingerprint density at radius 3 is 2.58 bits per heavy atom. The summed E-state index contributed by atoms with van der Waals surface area (Å²) in [7, 11) is 0. The van der Waals surface area contributed by atoms with E-state index in [0.717, 1.165) is 6.07 Å². The summed E-state index contributed by atoms with van der Waals surface area (Å²) in [5.41, 5.74) is 2.64. The summed E-state index contributed by atoms with van der Waals surface area (Å²) < 4.78 is 5.01. The molecule has 1 atom stereocenters. The summed E-state index contributed by atoms with van der Waals surface area (Å²) >= 11 is 0. The van der Waals surface area contributed by atoms with Crippen molar-refractivity contribution in [1.29, 1.82) is 0 Å². The third kappa shape index (κ3) is 5.15. The van der Waals surface area contributed by atoms with Crippen LogP contribution < -0.4 is 5.43 Å². The standard InChI is InChI=1S/C16H21N3O5/c1-5-24-16(21)14(10(2)3)11(4)17-18-15(20)12-7-6-8-13(9-12)19(22)23/h6-10,14H,5H2,1-4H3,(H,18,20)/b17-11-. The molecule has 24 heavy (non-hydrogen) atoms. The first-order valence-electron chi connectivity index (χ1n) is 7.53. The number of nitrogens with one attached hydrogen (secondary N) is 1. The summed E-state index contributed by atoms with van der Waals surface area (Å²) in [6, 6.07) is 5.31. The van der Waals surface area contributed by atoms with Gasteiger partial charge in [0, 0.05) is 23.4 Å². The zero-order valence-electron chi connectivity index (χ0n) is 14.1. The minimum atomic E-state index is -0.593. The van der Waals surface area contributed by atoms with Crippen molar-refractivity contribution >= 4 is 23.3 Å². The minimum Gasteiger partial charge on any atom is -0.465 e. The van der Waals surface area contributed by atoms with Gasteiger partial charge in [-0.05, 0) is 25.8 Å². The predicted octanol–water partition coefficient (Wildman–Crippen LogP) is 2.54. The normalized spacial score (nSPS) is 12.6. The highest BCUT2D eigenvalue weighted by Crippen LogP contribution is 2.16. The number of amides is 1. The Morgan fingerprint density at radius 1 is 1.38 bits per heavy atom. The van der Waals surface area contributed by atoms with E-state index in [1.54, 1.807) is 13.8 Å². The van der Waals surface area contributed by atoms with Gasteiger partial charge in [-0.15, -0.1) is 0 Å². The number of nitro benzene ring substituents is 1. The van der Waals surface area contributed by atoms with Crippen LogP contribution in [-0.4, -0.2) is 29.1 Å². The van der Waals surface area contributed by atoms with Crippen molar-refractivity contribution in [2.75, 3.05) is 6.61 Å². The Morgan fingerprint density at radius 2 is 2.04 bits per heavy atom. The van der Waals surface area contributed by atoms with Crippen LogP contribution in [0.4, 0.5) is 5.69 Å². The average molecular weight is 335 g/mol. The molecule has 8 heteroatoms. The number of nitrogens with zero attached hydrogens (tertiary/aromatic N) is 2. The van der Waals surface area contributed by atoms with E-state index in [1.807, 2.05) is 13.8 Å². The van der Waals surface area contributed by atoms with E-state index in [2.05, 4.69) is 10.5 Å². The lowest BCUT2D eigenvalue weighted by Gasteiger charge is -2.18. The summed E-state index contributed by atoms with van der Waals surface area (Å²) in [5.74, 6) is -1.62. The van der Waals surface area contributed by atoms with Crippen molar-refractivity contribution in [1.82, 2.24) is 5.43 Å². The molecule has 0 aliphatic rings. The molecule has 1 aromatic rings. The zero-order chi connectivity index (χ0) is 18.3. The number of carbonyl (C=O) groups is 2. The van der Waals surface area contributed by atoms with Crippen molar-refractivity contribution in [2.45, 2.75) is 27.7 Å². The van der Waals surface area contributed by atoms with Gasteiger partial charge in [0.05, 0.1) is 17.4 Å². The summed E-state index contributed by atoms with van der Waals surface area (Å²) in [6.45, 7) is 7.29. The number of benzene rings is 1. The second-order valence-corrected chi connectivity index (χ2v) is 5.48. The Labute approximate surface area is 140 Å². The van der Waals surface area contributed by atoms with Gasteiger partial charge in [0.2, 0.25) is 0 Å². The van der Waals surface area contributed by atoms with Gasteiger partial charge in [0.25, 0.3) is 11.6 Å². The van der Waals surface area contributed by atoms with Crippen LogP contribution in [0.25, 0.3) is 0 Å². The molecule has 0 bridgehead atoms. The van der Waals surface area contributed by atoms with Gasteiger partial charge in [-0.2, -0.15) is 5.10 Å². The molecule has 0 aliphatic heterocycles. The fourth-order valence-corrected chi connectivity index (χ4v) is 2.19. The first-order valence-corrected chi connectivity index (χ1v) is 7.53. The van der Waals surface area contributed by atoms with Crippen LogP contribution in [-0.2, 0) is 9.53 Å².